The predicted molar refractivity (Wildman–Crippen MR) is 159 cm³/mol. The Balaban J connectivity index is 1.22. The van der Waals surface area contributed by atoms with E-state index in [9.17, 15) is 13.6 Å². The molecule has 0 unspecified atom stereocenters. The van der Waals surface area contributed by atoms with Crippen LogP contribution in [0.15, 0.2) is 30.5 Å². The maximum atomic E-state index is 14.9. The van der Waals surface area contributed by atoms with Crippen LogP contribution in [-0.4, -0.2) is 91.2 Å². The Kier molecular flexibility index (Phi) is 7.20. The summed E-state index contributed by atoms with van der Waals surface area (Å²) in [6.07, 6.45) is 7.13. The van der Waals surface area contributed by atoms with Gasteiger partial charge < -0.3 is 24.6 Å². The molecule has 7 rings (SSSR count). The molecule has 0 atom stereocenters. The predicted octanol–water partition coefficient (Wildman–Crippen LogP) is 3.56. The quantitative estimate of drug-likeness (QED) is 0.311. The van der Waals surface area contributed by atoms with E-state index in [0.29, 0.717) is 47.8 Å². The van der Waals surface area contributed by atoms with Gasteiger partial charge in [-0.1, -0.05) is 6.58 Å². The number of nitrogens with one attached hydrogen (secondary N) is 1. The smallest absolute Gasteiger partial charge is 0.250 e. The summed E-state index contributed by atoms with van der Waals surface area (Å²) in [4.78, 5) is 33.7. The van der Waals surface area contributed by atoms with Crippen LogP contribution >= 0.6 is 0 Å². The van der Waals surface area contributed by atoms with Crippen molar-refractivity contribution in [1.29, 1.82) is 0 Å². The van der Waals surface area contributed by atoms with Crippen LogP contribution in [-0.2, 0) is 17.9 Å². The lowest BCUT2D eigenvalue weighted by Crippen LogP contribution is -2.45. The highest BCUT2D eigenvalue weighted by Crippen LogP contribution is 2.42. The van der Waals surface area contributed by atoms with Crippen molar-refractivity contribution < 1.29 is 13.6 Å². The number of hydrogen-bond acceptors (Lipinski definition) is 8. The second-order valence-corrected chi connectivity index (χ2v) is 11.9. The fraction of sp³-hybridized carbons (Fsp3) is 0.500. The highest BCUT2D eigenvalue weighted by Gasteiger charge is 2.30. The number of likely N-dealkylation sites (N-methyl/N-ethyl adjacent to an activating group) is 1. The highest BCUT2D eigenvalue weighted by atomic mass is 19.2. The van der Waals surface area contributed by atoms with Gasteiger partial charge in [0.2, 0.25) is 11.9 Å². The third-order valence-corrected chi connectivity index (χ3v) is 8.78. The van der Waals surface area contributed by atoms with Crippen molar-refractivity contribution in [3.63, 3.8) is 0 Å². The van der Waals surface area contributed by atoms with Gasteiger partial charge in [-0.3, -0.25) is 4.79 Å². The van der Waals surface area contributed by atoms with Gasteiger partial charge in [-0.05, 0) is 57.2 Å². The van der Waals surface area contributed by atoms with E-state index in [-0.39, 0.29) is 24.5 Å². The number of benzene rings is 1. The SMILES string of the molecule is C=C(Cn1c(CNc2nc(N3CCN(C)CC3)nc3c(C4CC4)cnn23)nc2c(F)c(F)ccc21)C(=O)N1CCCCC1. The van der Waals surface area contributed by atoms with Gasteiger partial charge in [0.05, 0.1) is 24.8 Å². The maximum Gasteiger partial charge on any atom is 0.250 e. The van der Waals surface area contributed by atoms with E-state index in [4.69, 9.17) is 9.97 Å². The van der Waals surface area contributed by atoms with E-state index in [0.717, 1.165) is 75.6 Å². The number of imidazole rings is 1. The number of nitrogens with zero attached hydrogens (tertiary/aromatic N) is 9. The standard InChI is InChI=1S/C30H36F2N10O/c1-19(28(43)39-10-4-3-5-11-39)18-41-23-9-8-22(31)25(32)26(23)35-24(41)17-33-29-37-30(40-14-12-38(2)13-15-40)36-27-21(20-6-7-20)16-34-42(27)29/h8-9,16,20H,1,3-7,10-15,17-18H2,2H3,(H,33,36,37). The fourth-order valence-corrected chi connectivity index (χ4v) is 6.06. The van der Waals surface area contributed by atoms with Crippen molar-refractivity contribution in [2.75, 3.05) is 56.5 Å². The number of carbonyl (C=O) groups is 1. The first kappa shape index (κ1) is 27.7. The van der Waals surface area contributed by atoms with Crippen molar-refractivity contribution in [3.05, 3.63) is 53.5 Å². The van der Waals surface area contributed by atoms with Gasteiger partial charge >= 0.3 is 0 Å². The largest absolute Gasteiger partial charge is 0.347 e. The van der Waals surface area contributed by atoms with Crippen LogP contribution in [0.1, 0.15) is 49.4 Å². The number of carbonyl (C=O) groups excluding carboxylic acids is 1. The molecule has 0 spiro atoms. The van der Waals surface area contributed by atoms with Crippen LogP contribution in [0.2, 0.25) is 0 Å². The van der Waals surface area contributed by atoms with Crippen molar-refractivity contribution in [2.24, 2.45) is 0 Å². The van der Waals surface area contributed by atoms with E-state index in [1.807, 2.05) is 11.1 Å². The molecule has 13 heteroatoms. The summed E-state index contributed by atoms with van der Waals surface area (Å²) in [7, 11) is 2.10. The van der Waals surface area contributed by atoms with E-state index in [1.54, 1.807) is 9.08 Å². The lowest BCUT2D eigenvalue weighted by atomic mass is 10.1. The Morgan fingerprint density at radius 1 is 1.02 bits per heavy atom. The third kappa shape index (κ3) is 5.30. The van der Waals surface area contributed by atoms with Gasteiger partial charge in [0.1, 0.15) is 11.3 Å². The highest BCUT2D eigenvalue weighted by molar-refractivity contribution is 5.93. The monoisotopic (exact) mass is 590 g/mol. The van der Waals surface area contributed by atoms with E-state index in [1.165, 1.54) is 6.07 Å². The molecule has 3 fully saturated rings. The molecule has 11 nitrogen and oxygen atoms in total. The molecule has 2 aliphatic heterocycles. The Hall–Kier alpha value is -4.13. The molecule has 4 aromatic rings. The number of hydrogen-bond donors (Lipinski definition) is 1. The molecule has 3 aliphatic rings. The summed E-state index contributed by atoms with van der Waals surface area (Å²) >= 11 is 0. The zero-order valence-corrected chi connectivity index (χ0v) is 24.4. The first-order valence-corrected chi connectivity index (χ1v) is 15.1. The second kappa shape index (κ2) is 11.2. The third-order valence-electron chi connectivity index (χ3n) is 8.78. The number of halogens is 2. The normalized spacial score (nSPS) is 18.1. The molecule has 1 N–H and O–H groups in total. The lowest BCUT2D eigenvalue weighted by Gasteiger charge is -2.32. The second-order valence-electron chi connectivity index (χ2n) is 11.9. The van der Waals surface area contributed by atoms with Gasteiger partial charge in [0.25, 0.3) is 5.91 Å². The van der Waals surface area contributed by atoms with Crippen LogP contribution in [0.3, 0.4) is 0 Å². The van der Waals surface area contributed by atoms with Gasteiger partial charge in [-0.25, -0.2) is 13.8 Å². The maximum absolute atomic E-state index is 14.9. The minimum absolute atomic E-state index is 0.0870. The first-order valence-electron chi connectivity index (χ1n) is 15.1. The molecule has 2 saturated heterocycles. The van der Waals surface area contributed by atoms with Crippen LogP contribution in [0, 0.1) is 11.6 Å². The summed E-state index contributed by atoms with van der Waals surface area (Å²) in [5.41, 5.74) is 2.56. The van der Waals surface area contributed by atoms with Crippen molar-refractivity contribution in [3.8, 4) is 0 Å². The van der Waals surface area contributed by atoms with Crippen molar-refractivity contribution in [1.82, 2.24) is 38.9 Å². The number of fused-ring (bicyclic) bond motifs is 2. The molecular formula is C30H36F2N10O. The number of likely N-dealkylation sites (tertiary alicyclic amines) is 1. The molecule has 43 heavy (non-hydrogen) atoms. The Morgan fingerprint density at radius 2 is 1.79 bits per heavy atom. The van der Waals surface area contributed by atoms with E-state index < -0.39 is 11.6 Å². The summed E-state index contributed by atoms with van der Waals surface area (Å²) in [6.45, 7) is 9.16. The van der Waals surface area contributed by atoms with Gasteiger partial charge in [0.15, 0.2) is 17.3 Å². The van der Waals surface area contributed by atoms with Crippen LogP contribution in [0.5, 0.6) is 0 Å². The number of rotatable bonds is 8. The van der Waals surface area contributed by atoms with Crippen LogP contribution in [0.25, 0.3) is 16.7 Å². The molecular weight excluding hydrogens is 554 g/mol. The molecule has 3 aromatic heterocycles. The fourth-order valence-electron chi connectivity index (χ4n) is 6.06. The van der Waals surface area contributed by atoms with E-state index >= 15 is 0 Å². The van der Waals surface area contributed by atoms with Crippen LogP contribution in [0.4, 0.5) is 20.7 Å². The van der Waals surface area contributed by atoms with E-state index in [2.05, 4.69) is 38.8 Å². The average molecular weight is 591 g/mol. The number of piperidine rings is 1. The summed E-state index contributed by atoms with van der Waals surface area (Å²) < 4.78 is 32.6. The summed E-state index contributed by atoms with van der Waals surface area (Å²) in [5.74, 6) is -0.124. The molecule has 0 radical (unpaired) electrons. The Morgan fingerprint density at radius 3 is 2.53 bits per heavy atom. The topological polar surface area (TPSA) is 99.7 Å². The lowest BCUT2D eigenvalue weighted by molar-refractivity contribution is -0.128. The molecule has 1 aliphatic carbocycles. The zero-order chi connectivity index (χ0) is 29.7. The number of aromatic nitrogens is 6. The number of piperazine rings is 1. The minimum atomic E-state index is -1.02. The van der Waals surface area contributed by atoms with Gasteiger partial charge in [-0.2, -0.15) is 19.6 Å². The summed E-state index contributed by atoms with van der Waals surface area (Å²) in [5, 5.41) is 7.96. The molecule has 226 valence electrons. The summed E-state index contributed by atoms with van der Waals surface area (Å²) in [6, 6.07) is 2.58. The van der Waals surface area contributed by atoms with Crippen molar-refractivity contribution >= 4 is 34.5 Å². The molecule has 0 bridgehead atoms. The first-order chi connectivity index (χ1) is 20.9. The molecule has 5 heterocycles. The van der Waals surface area contributed by atoms with Gasteiger partial charge in [0, 0.05) is 50.4 Å². The number of anilines is 2. The van der Waals surface area contributed by atoms with Crippen molar-refractivity contribution in [2.45, 2.75) is 51.1 Å². The molecule has 1 saturated carbocycles. The average Bonchev–Trinajstić information content (AvgIpc) is 3.68. The van der Waals surface area contributed by atoms with Crippen LogP contribution < -0.4 is 10.2 Å². The minimum Gasteiger partial charge on any atom is -0.347 e. The molecule has 1 amide bonds. The number of amides is 1. The molecule has 1 aromatic carbocycles. The zero-order valence-electron chi connectivity index (χ0n) is 24.4. The Bertz CT molecular complexity index is 1700. The van der Waals surface area contributed by atoms with Gasteiger partial charge in [-0.15, -0.1) is 0 Å². The Labute approximate surface area is 248 Å².